The van der Waals surface area contributed by atoms with E-state index >= 15 is 0 Å². The lowest BCUT2D eigenvalue weighted by Crippen LogP contribution is -2.52. The van der Waals surface area contributed by atoms with Gasteiger partial charge in [0.15, 0.2) is 0 Å². The number of amides is 3. The van der Waals surface area contributed by atoms with Crippen molar-refractivity contribution in [2.75, 3.05) is 13.1 Å². The third kappa shape index (κ3) is 5.18. The molecule has 3 aromatic rings. The van der Waals surface area contributed by atoms with E-state index in [0.29, 0.717) is 36.5 Å². The molecule has 4 heterocycles. The fourth-order valence-electron chi connectivity index (χ4n) is 5.52. The largest absolute Gasteiger partial charge is 0.489 e. The van der Waals surface area contributed by atoms with Gasteiger partial charge in [0.25, 0.3) is 5.91 Å². The zero-order chi connectivity index (χ0) is 28.0. The number of nitrogens with zero attached hydrogens (tertiary/aromatic N) is 4. The van der Waals surface area contributed by atoms with Crippen molar-refractivity contribution in [3.8, 4) is 11.4 Å². The van der Waals surface area contributed by atoms with Crippen molar-refractivity contribution in [3.05, 3.63) is 77.1 Å². The summed E-state index contributed by atoms with van der Waals surface area (Å²) in [6, 6.07) is 9.70. The Balaban J connectivity index is 1.05. The van der Waals surface area contributed by atoms with E-state index in [0.717, 1.165) is 36.2 Å². The van der Waals surface area contributed by atoms with Gasteiger partial charge in [-0.2, -0.15) is 18.3 Å². The summed E-state index contributed by atoms with van der Waals surface area (Å²) in [6.45, 7) is 2.31. The number of aromatic nitrogens is 2. The van der Waals surface area contributed by atoms with Crippen LogP contribution in [0.1, 0.15) is 46.3 Å². The number of piperidine rings is 1. The Morgan fingerprint density at radius 2 is 1.93 bits per heavy atom. The Hall–Kier alpha value is -4.19. The average Bonchev–Trinajstić information content (AvgIpc) is 3.64. The van der Waals surface area contributed by atoms with Crippen LogP contribution in [0.4, 0.5) is 13.2 Å². The Bertz CT molecular complexity index is 1490. The summed E-state index contributed by atoms with van der Waals surface area (Å²) in [6.07, 6.45) is 0.202. The van der Waals surface area contributed by atoms with Gasteiger partial charge in [0.05, 0.1) is 17.4 Å². The third-order valence-electron chi connectivity index (χ3n) is 7.51. The summed E-state index contributed by atoms with van der Waals surface area (Å²) < 4.78 is 46.9. The standard InChI is InChI=1S/C28H26F3N5O4/c29-28(30,31)19-2-1-3-20(11-19)36-14-17(12-32-36)13-34-9-8-22(16-34)40-21-4-5-23-18(10-21)15-35(27(23)39)24-6-7-25(37)33-26(24)38/h1-5,10-12,14,22,24H,6-9,13,15-16H2,(H,33,37,38)/t22-,24?/m0/s1. The van der Waals surface area contributed by atoms with Crippen molar-refractivity contribution in [2.24, 2.45) is 0 Å². The van der Waals surface area contributed by atoms with Gasteiger partial charge in [-0.3, -0.25) is 24.6 Å². The number of alkyl halides is 3. The van der Waals surface area contributed by atoms with Crippen molar-refractivity contribution >= 4 is 17.7 Å². The molecule has 0 aliphatic carbocycles. The second kappa shape index (κ2) is 10.1. The van der Waals surface area contributed by atoms with Crippen LogP contribution >= 0.6 is 0 Å². The van der Waals surface area contributed by atoms with Crippen LogP contribution in [0.3, 0.4) is 0 Å². The number of hydrogen-bond donors (Lipinski definition) is 1. The summed E-state index contributed by atoms with van der Waals surface area (Å²) in [5.74, 6) is -0.355. The topological polar surface area (TPSA) is 96.8 Å². The van der Waals surface area contributed by atoms with E-state index in [-0.39, 0.29) is 30.9 Å². The lowest BCUT2D eigenvalue weighted by Gasteiger charge is -2.29. The fraction of sp³-hybridized carbons (Fsp3) is 0.357. The zero-order valence-electron chi connectivity index (χ0n) is 21.4. The van der Waals surface area contributed by atoms with Crippen LogP contribution in [-0.4, -0.2) is 62.5 Å². The summed E-state index contributed by atoms with van der Waals surface area (Å²) in [7, 11) is 0. The third-order valence-corrected chi connectivity index (χ3v) is 7.51. The van der Waals surface area contributed by atoms with Gasteiger partial charge in [-0.05, 0) is 54.8 Å². The number of benzene rings is 2. The minimum Gasteiger partial charge on any atom is -0.489 e. The number of imide groups is 1. The van der Waals surface area contributed by atoms with E-state index in [4.69, 9.17) is 4.74 Å². The molecule has 6 rings (SSSR count). The van der Waals surface area contributed by atoms with Gasteiger partial charge in [-0.1, -0.05) is 6.07 Å². The molecule has 2 saturated heterocycles. The van der Waals surface area contributed by atoms with Crippen molar-refractivity contribution in [2.45, 2.75) is 50.7 Å². The minimum absolute atomic E-state index is 0.0695. The molecule has 1 aromatic heterocycles. The Labute approximate surface area is 227 Å². The lowest BCUT2D eigenvalue weighted by atomic mass is 10.0. The highest BCUT2D eigenvalue weighted by Crippen LogP contribution is 2.32. The molecule has 1 unspecified atom stereocenters. The van der Waals surface area contributed by atoms with Gasteiger partial charge in [0.2, 0.25) is 11.8 Å². The second-order valence-corrected chi connectivity index (χ2v) is 10.3. The van der Waals surface area contributed by atoms with Crippen molar-refractivity contribution in [1.29, 1.82) is 0 Å². The first-order valence-corrected chi connectivity index (χ1v) is 13.0. The van der Waals surface area contributed by atoms with Crippen LogP contribution in [0.2, 0.25) is 0 Å². The van der Waals surface area contributed by atoms with Gasteiger partial charge in [-0.25, -0.2) is 4.68 Å². The number of fused-ring (bicyclic) bond motifs is 1. The summed E-state index contributed by atoms with van der Waals surface area (Å²) in [5, 5.41) is 6.55. The van der Waals surface area contributed by atoms with Gasteiger partial charge in [0.1, 0.15) is 17.9 Å². The molecule has 2 aromatic carbocycles. The summed E-state index contributed by atoms with van der Waals surface area (Å²) in [5.41, 5.74) is 1.81. The Kier molecular flexibility index (Phi) is 6.57. The van der Waals surface area contributed by atoms with E-state index in [1.807, 2.05) is 6.07 Å². The molecule has 40 heavy (non-hydrogen) atoms. The number of rotatable bonds is 6. The van der Waals surface area contributed by atoms with Crippen LogP contribution in [0, 0.1) is 0 Å². The molecule has 0 radical (unpaired) electrons. The highest BCUT2D eigenvalue weighted by atomic mass is 19.4. The lowest BCUT2D eigenvalue weighted by molar-refractivity contribution is -0.138. The quantitative estimate of drug-likeness (QED) is 0.471. The van der Waals surface area contributed by atoms with Gasteiger partial charge < -0.3 is 9.64 Å². The minimum atomic E-state index is -4.42. The first-order valence-electron chi connectivity index (χ1n) is 13.0. The van der Waals surface area contributed by atoms with E-state index in [2.05, 4.69) is 15.3 Å². The maximum Gasteiger partial charge on any atom is 0.416 e. The fourth-order valence-corrected chi connectivity index (χ4v) is 5.52. The highest BCUT2D eigenvalue weighted by Gasteiger charge is 2.39. The predicted molar refractivity (Wildman–Crippen MR) is 135 cm³/mol. The smallest absolute Gasteiger partial charge is 0.416 e. The molecular weight excluding hydrogens is 527 g/mol. The molecule has 0 bridgehead atoms. The monoisotopic (exact) mass is 553 g/mol. The van der Waals surface area contributed by atoms with E-state index in [9.17, 15) is 27.6 Å². The van der Waals surface area contributed by atoms with Crippen LogP contribution in [0.15, 0.2) is 54.9 Å². The molecule has 3 amide bonds. The Morgan fingerprint density at radius 1 is 1.07 bits per heavy atom. The number of halogens is 3. The Morgan fingerprint density at radius 3 is 2.73 bits per heavy atom. The number of nitrogens with one attached hydrogen (secondary N) is 1. The molecule has 208 valence electrons. The van der Waals surface area contributed by atoms with Gasteiger partial charge in [-0.15, -0.1) is 0 Å². The zero-order valence-corrected chi connectivity index (χ0v) is 21.4. The number of ether oxygens (including phenoxy) is 1. The predicted octanol–water partition coefficient (Wildman–Crippen LogP) is 3.31. The first kappa shape index (κ1) is 26.1. The van der Waals surface area contributed by atoms with Crippen LogP contribution in [-0.2, 0) is 28.9 Å². The van der Waals surface area contributed by atoms with Crippen LogP contribution in [0.5, 0.6) is 5.75 Å². The van der Waals surface area contributed by atoms with E-state index in [1.54, 1.807) is 30.6 Å². The van der Waals surface area contributed by atoms with Crippen molar-refractivity contribution < 1.29 is 32.3 Å². The first-order chi connectivity index (χ1) is 19.1. The molecule has 12 heteroatoms. The summed E-state index contributed by atoms with van der Waals surface area (Å²) in [4.78, 5) is 40.4. The number of carbonyl (C=O) groups excluding carboxylic acids is 3. The van der Waals surface area contributed by atoms with Crippen LogP contribution < -0.4 is 10.1 Å². The maximum atomic E-state index is 13.1. The number of hydrogen-bond acceptors (Lipinski definition) is 6. The van der Waals surface area contributed by atoms with Gasteiger partial charge >= 0.3 is 6.18 Å². The molecule has 2 atom stereocenters. The van der Waals surface area contributed by atoms with Crippen molar-refractivity contribution in [1.82, 2.24) is 24.9 Å². The van der Waals surface area contributed by atoms with E-state index < -0.39 is 23.7 Å². The highest BCUT2D eigenvalue weighted by molar-refractivity contribution is 6.05. The number of carbonyl (C=O) groups is 3. The van der Waals surface area contributed by atoms with Crippen LogP contribution in [0.25, 0.3) is 5.69 Å². The normalized spacial score (nSPS) is 21.6. The molecule has 1 N–H and O–H groups in total. The molecule has 3 aliphatic rings. The summed E-state index contributed by atoms with van der Waals surface area (Å²) >= 11 is 0. The molecule has 3 aliphatic heterocycles. The van der Waals surface area contributed by atoms with E-state index in [1.165, 1.54) is 15.6 Å². The molecule has 9 nitrogen and oxygen atoms in total. The second-order valence-electron chi connectivity index (χ2n) is 10.3. The molecular formula is C28H26F3N5O4. The SMILES string of the molecule is O=C1CCC(N2Cc3cc(O[C@H]4CCN(Cc5cnn(-c6cccc(C(F)(F)F)c6)c5)C4)ccc3C2=O)C(=O)N1. The molecule has 0 spiro atoms. The van der Waals surface area contributed by atoms with Crippen molar-refractivity contribution in [3.63, 3.8) is 0 Å². The van der Waals surface area contributed by atoms with Gasteiger partial charge in [0, 0.05) is 49.9 Å². The molecule has 0 saturated carbocycles. The maximum absolute atomic E-state index is 13.1. The average molecular weight is 554 g/mol. The number of likely N-dealkylation sites (tertiary alicyclic amines) is 1. The molecule has 2 fully saturated rings.